The molecule has 20 heavy (non-hydrogen) atoms. The van der Waals surface area contributed by atoms with E-state index in [1.165, 1.54) is 0 Å². The van der Waals surface area contributed by atoms with Crippen LogP contribution in [0, 0.1) is 21.8 Å². The third-order valence-electron chi connectivity index (χ3n) is 2.73. The van der Waals surface area contributed by atoms with Gasteiger partial charge < -0.3 is 11.1 Å². The first-order chi connectivity index (χ1) is 9.33. The van der Waals surface area contributed by atoms with Gasteiger partial charge in [0.1, 0.15) is 5.82 Å². The zero-order valence-corrected chi connectivity index (χ0v) is 11.4. The molecule has 0 aliphatic rings. The number of nitro benzene ring substituents is 1. The van der Waals surface area contributed by atoms with Gasteiger partial charge in [0.05, 0.1) is 11.0 Å². The lowest BCUT2D eigenvalue weighted by atomic mass is 10.0. The minimum Gasteiger partial charge on any atom is -0.348 e. The molecule has 1 unspecified atom stereocenters. The Bertz CT molecular complexity index is 506. The van der Waals surface area contributed by atoms with Crippen molar-refractivity contribution in [3.05, 3.63) is 39.7 Å². The van der Waals surface area contributed by atoms with Crippen LogP contribution in [-0.2, 0) is 0 Å². The molecule has 0 saturated carbocycles. The molecule has 0 spiro atoms. The van der Waals surface area contributed by atoms with Crippen molar-refractivity contribution in [2.45, 2.75) is 26.3 Å². The Morgan fingerprint density at radius 3 is 2.60 bits per heavy atom. The summed E-state index contributed by atoms with van der Waals surface area (Å²) >= 11 is 0. The van der Waals surface area contributed by atoms with Gasteiger partial charge in [0, 0.05) is 24.2 Å². The molecule has 0 aromatic heterocycles. The minimum atomic E-state index is -0.822. The fourth-order valence-corrected chi connectivity index (χ4v) is 1.86. The van der Waals surface area contributed by atoms with E-state index < -0.39 is 22.3 Å². The minimum absolute atomic E-state index is 0.0843. The van der Waals surface area contributed by atoms with E-state index >= 15 is 0 Å². The molecule has 0 bridgehead atoms. The van der Waals surface area contributed by atoms with E-state index in [1.54, 1.807) is 0 Å². The third-order valence-corrected chi connectivity index (χ3v) is 2.73. The molecular formula is C13H18FN3O3. The number of non-ortho nitro benzene ring substituents is 1. The van der Waals surface area contributed by atoms with Gasteiger partial charge in [-0.3, -0.25) is 14.9 Å². The Kier molecular flexibility index (Phi) is 5.57. The standard InChI is InChI=1S/C13H18FN3O3/c1-8(2)3-11(7-15)16-13(18)9-4-10(14)6-12(5-9)17(19)20/h4-6,8,11H,3,7,15H2,1-2H3,(H,16,18). The highest BCUT2D eigenvalue weighted by molar-refractivity contribution is 5.95. The lowest BCUT2D eigenvalue weighted by molar-refractivity contribution is -0.385. The van der Waals surface area contributed by atoms with E-state index in [1.807, 2.05) is 13.8 Å². The predicted octanol–water partition coefficient (Wildman–Crippen LogP) is 1.84. The SMILES string of the molecule is CC(C)CC(CN)NC(=O)c1cc(F)cc([N+](=O)[O-])c1. The monoisotopic (exact) mass is 283 g/mol. The molecule has 0 aliphatic carbocycles. The van der Waals surface area contributed by atoms with Crippen molar-refractivity contribution in [2.24, 2.45) is 11.7 Å². The predicted molar refractivity (Wildman–Crippen MR) is 72.8 cm³/mol. The number of nitro groups is 1. The fourth-order valence-electron chi connectivity index (χ4n) is 1.86. The number of benzene rings is 1. The van der Waals surface area contributed by atoms with Crippen molar-refractivity contribution >= 4 is 11.6 Å². The zero-order chi connectivity index (χ0) is 15.3. The molecule has 1 aromatic carbocycles. The van der Waals surface area contributed by atoms with Gasteiger partial charge in [0.15, 0.2) is 0 Å². The van der Waals surface area contributed by atoms with Crippen LogP contribution in [0.2, 0.25) is 0 Å². The number of hydrogen-bond acceptors (Lipinski definition) is 4. The van der Waals surface area contributed by atoms with Gasteiger partial charge in [-0.15, -0.1) is 0 Å². The van der Waals surface area contributed by atoms with Gasteiger partial charge in [-0.05, 0) is 18.4 Å². The van der Waals surface area contributed by atoms with Crippen molar-refractivity contribution in [3.63, 3.8) is 0 Å². The molecular weight excluding hydrogens is 265 g/mol. The van der Waals surface area contributed by atoms with Gasteiger partial charge >= 0.3 is 0 Å². The van der Waals surface area contributed by atoms with Crippen LogP contribution >= 0.6 is 0 Å². The normalized spacial score (nSPS) is 12.2. The number of hydrogen-bond donors (Lipinski definition) is 2. The van der Waals surface area contributed by atoms with Crippen LogP contribution in [0.25, 0.3) is 0 Å². The first-order valence-corrected chi connectivity index (χ1v) is 6.29. The van der Waals surface area contributed by atoms with Crippen LogP contribution in [0.4, 0.5) is 10.1 Å². The molecule has 1 rings (SSSR count). The number of rotatable bonds is 6. The van der Waals surface area contributed by atoms with Crippen LogP contribution in [0.3, 0.4) is 0 Å². The number of nitrogens with two attached hydrogens (primary N) is 1. The third kappa shape index (κ3) is 4.58. The van der Waals surface area contributed by atoms with E-state index in [9.17, 15) is 19.3 Å². The molecule has 0 fully saturated rings. The Morgan fingerprint density at radius 2 is 2.10 bits per heavy atom. The van der Waals surface area contributed by atoms with E-state index in [-0.39, 0.29) is 18.2 Å². The van der Waals surface area contributed by atoms with Gasteiger partial charge in [-0.1, -0.05) is 13.8 Å². The summed E-state index contributed by atoms with van der Waals surface area (Å²) < 4.78 is 13.3. The summed E-state index contributed by atoms with van der Waals surface area (Å²) in [5.74, 6) is -1.05. The number of amides is 1. The van der Waals surface area contributed by atoms with Gasteiger partial charge in [-0.25, -0.2) is 4.39 Å². The van der Waals surface area contributed by atoms with Crippen LogP contribution < -0.4 is 11.1 Å². The first kappa shape index (κ1) is 16.0. The van der Waals surface area contributed by atoms with E-state index in [0.29, 0.717) is 12.3 Å². The number of halogens is 1. The molecule has 6 nitrogen and oxygen atoms in total. The van der Waals surface area contributed by atoms with Crippen molar-refractivity contribution in [3.8, 4) is 0 Å². The second kappa shape index (κ2) is 6.95. The van der Waals surface area contributed by atoms with Crippen molar-refractivity contribution in [1.82, 2.24) is 5.32 Å². The summed E-state index contributed by atoms with van der Waals surface area (Å²) in [7, 11) is 0. The van der Waals surface area contributed by atoms with Crippen molar-refractivity contribution in [2.75, 3.05) is 6.54 Å². The molecule has 0 radical (unpaired) electrons. The maximum atomic E-state index is 13.3. The largest absolute Gasteiger partial charge is 0.348 e. The maximum absolute atomic E-state index is 13.3. The molecule has 7 heteroatoms. The summed E-state index contributed by atoms with van der Waals surface area (Å²) in [6, 6.07) is 2.53. The highest BCUT2D eigenvalue weighted by atomic mass is 19.1. The zero-order valence-electron chi connectivity index (χ0n) is 11.4. The summed E-state index contributed by atoms with van der Waals surface area (Å²) in [5.41, 5.74) is 5.02. The topological polar surface area (TPSA) is 98.3 Å². The fraction of sp³-hybridized carbons (Fsp3) is 0.462. The van der Waals surface area contributed by atoms with E-state index in [0.717, 1.165) is 18.2 Å². The smallest absolute Gasteiger partial charge is 0.273 e. The molecule has 110 valence electrons. The summed E-state index contributed by atoms with van der Waals surface area (Å²) in [4.78, 5) is 21.9. The second-order valence-electron chi connectivity index (χ2n) is 4.99. The Morgan fingerprint density at radius 1 is 1.45 bits per heavy atom. The van der Waals surface area contributed by atoms with E-state index in [4.69, 9.17) is 5.73 Å². The van der Waals surface area contributed by atoms with Gasteiger partial charge in [-0.2, -0.15) is 0 Å². The number of nitrogens with one attached hydrogen (secondary N) is 1. The highest BCUT2D eigenvalue weighted by Gasteiger charge is 2.17. The maximum Gasteiger partial charge on any atom is 0.273 e. The summed E-state index contributed by atoms with van der Waals surface area (Å²) in [6.45, 7) is 4.23. The molecule has 1 aromatic rings. The number of carbonyl (C=O) groups excluding carboxylic acids is 1. The highest BCUT2D eigenvalue weighted by Crippen LogP contribution is 2.16. The van der Waals surface area contributed by atoms with Crippen molar-refractivity contribution < 1.29 is 14.1 Å². The average molecular weight is 283 g/mol. The number of carbonyl (C=O) groups is 1. The second-order valence-corrected chi connectivity index (χ2v) is 4.99. The Hall–Kier alpha value is -2.02. The summed E-state index contributed by atoms with van der Waals surface area (Å²) in [6.07, 6.45) is 0.680. The Balaban J connectivity index is 2.88. The average Bonchev–Trinajstić information content (AvgIpc) is 2.36. The molecule has 3 N–H and O–H groups in total. The molecule has 1 amide bonds. The first-order valence-electron chi connectivity index (χ1n) is 6.29. The summed E-state index contributed by atoms with van der Waals surface area (Å²) in [5, 5.41) is 13.3. The molecule has 1 atom stereocenters. The van der Waals surface area contributed by atoms with Crippen molar-refractivity contribution in [1.29, 1.82) is 0 Å². The molecule has 0 saturated heterocycles. The lowest BCUT2D eigenvalue weighted by Gasteiger charge is -2.18. The lowest BCUT2D eigenvalue weighted by Crippen LogP contribution is -2.41. The molecule has 0 aliphatic heterocycles. The van der Waals surface area contributed by atoms with Crippen LogP contribution in [-0.4, -0.2) is 23.4 Å². The van der Waals surface area contributed by atoms with Gasteiger partial charge in [0.2, 0.25) is 0 Å². The number of nitrogens with zero attached hydrogens (tertiary/aromatic N) is 1. The van der Waals surface area contributed by atoms with Crippen LogP contribution in [0.5, 0.6) is 0 Å². The quantitative estimate of drug-likeness (QED) is 0.614. The van der Waals surface area contributed by atoms with Crippen LogP contribution in [0.15, 0.2) is 18.2 Å². The van der Waals surface area contributed by atoms with E-state index in [2.05, 4.69) is 5.32 Å². The Labute approximate surface area is 116 Å². The van der Waals surface area contributed by atoms with Gasteiger partial charge in [0.25, 0.3) is 11.6 Å². The molecule has 0 heterocycles. The van der Waals surface area contributed by atoms with Crippen LogP contribution in [0.1, 0.15) is 30.6 Å².